The highest BCUT2D eigenvalue weighted by molar-refractivity contribution is 9.10. The van der Waals surface area contributed by atoms with Gasteiger partial charge in [-0.1, -0.05) is 45.8 Å². The predicted octanol–water partition coefficient (Wildman–Crippen LogP) is 4.37. The molecule has 0 spiro atoms. The summed E-state index contributed by atoms with van der Waals surface area (Å²) < 4.78 is 12.9. The quantitative estimate of drug-likeness (QED) is 0.515. The third kappa shape index (κ3) is 4.92. The van der Waals surface area contributed by atoms with Gasteiger partial charge >= 0.3 is 5.97 Å². The van der Waals surface area contributed by atoms with Crippen molar-refractivity contribution in [2.24, 2.45) is 0 Å². The van der Waals surface area contributed by atoms with E-state index >= 15 is 0 Å². The zero-order valence-electron chi connectivity index (χ0n) is 16.4. The summed E-state index contributed by atoms with van der Waals surface area (Å²) in [4.78, 5) is 25.1. The van der Waals surface area contributed by atoms with E-state index in [-0.39, 0.29) is 24.7 Å². The first-order chi connectivity index (χ1) is 13.9. The van der Waals surface area contributed by atoms with Gasteiger partial charge in [-0.15, -0.1) is 0 Å². The Labute approximate surface area is 177 Å². The lowest BCUT2D eigenvalue weighted by atomic mass is 10.1. The maximum atomic E-state index is 12.7. The normalized spacial score (nSPS) is 10.6. The van der Waals surface area contributed by atoms with E-state index in [4.69, 9.17) is 9.47 Å². The minimum Gasteiger partial charge on any atom is -0.486 e. The number of halogens is 1. The van der Waals surface area contributed by atoms with Crippen LogP contribution in [0.4, 0.5) is 0 Å². The molecule has 0 radical (unpaired) electrons. The van der Waals surface area contributed by atoms with Gasteiger partial charge in [0.15, 0.2) is 5.75 Å². The van der Waals surface area contributed by atoms with Gasteiger partial charge in [0.1, 0.15) is 6.61 Å². The van der Waals surface area contributed by atoms with Crippen molar-refractivity contribution in [3.8, 4) is 11.4 Å². The van der Waals surface area contributed by atoms with Crippen LogP contribution in [0.5, 0.6) is 5.75 Å². The molecule has 7 heteroatoms. The third-order valence-corrected chi connectivity index (χ3v) is 4.80. The van der Waals surface area contributed by atoms with Gasteiger partial charge in [0.25, 0.3) is 5.56 Å². The lowest BCUT2D eigenvalue weighted by Crippen LogP contribution is -2.25. The van der Waals surface area contributed by atoms with Crippen LogP contribution in [0.1, 0.15) is 34.1 Å². The molecular weight excluding hydrogens is 436 g/mol. The maximum Gasteiger partial charge on any atom is 0.362 e. The summed E-state index contributed by atoms with van der Waals surface area (Å²) in [6.45, 7) is 6.08. The van der Waals surface area contributed by atoms with Gasteiger partial charge in [-0.25, -0.2) is 4.79 Å². The summed E-state index contributed by atoms with van der Waals surface area (Å²) in [5.74, 6) is -0.548. The minimum absolute atomic E-state index is 0.0447. The first-order valence-electron chi connectivity index (χ1n) is 9.15. The van der Waals surface area contributed by atoms with Gasteiger partial charge in [-0.05, 0) is 50.1 Å². The Balaban J connectivity index is 2.01. The summed E-state index contributed by atoms with van der Waals surface area (Å²) in [5, 5.41) is 4.24. The fraction of sp³-hybridized carbons (Fsp3) is 0.227. The summed E-state index contributed by atoms with van der Waals surface area (Å²) in [5.41, 5.74) is 3.20. The molecule has 29 heavy (non-hydrogen) atoms. The molecule has 1 aromatic heterocycles. The second-order valence-corrected chi connectivity index (χ2v) is 7.44. The van der Waals surface area contributed by atoms with Crippen molar-refractivity contribution in [3.05, 3.63) is 85.7 Å². The number of nitrogens with zero attached hydrogens (tertiary/aromatic N) is 2. The number of hydrogen-bond donors (Lipinski definition) is 0. The van der Waals surface area contributed by atoms with E-state index in [1.165, 1.54) is 6.07 Å². The standard InChI is InChI=1S/C22H21BrN2O4/c1-4-28-22(27)21-19(29-13-16-10-14(2)8-9-15(16)3)12-20(26)25(24-21)18-7-5-6-17(23)11-18/h5-12H,4,13H2,1-3H3. The lowest BCUT2D eigenvalue weighted by molar-refractivity contribution is 0.0511. The van der Waals surface area contributed by atoms with Crippen LogP contribution in [-0.2, 0) is 11.3 Å². The molecule has 0 bridgehead atoms. The molecule has 0 fully saturated rings. The Bertz CT molecular complexity index is 1110. The van der Waals surface area contributed by atoms with Gasteiger partial charge in [0.2, 0.25) is 5.69 Å². The van der Waals surface area contributed by atoms with Crippen LogP contribution >= 0.6 is 15.9 Å². The topological polar surface area (TPSA) is 70.4 Å². The van der Waals surface area contributed by atoms with Crippen molar-refractivity contribution < 1.29 is 14.3 Å². The van der Waals surface area contributed by atoms with Crippen LogP contribution < -0.4 is 10.3 Å². The van der Waals surface area contributed by atoms with Gasteiger partial charge in [0.05, 0.1) is 18.4 Å². The summed E-state index contributed by atoms with van der Waals surface area (Å²) in [6, 6.07) is 14.4. The van der Waals surface area contributed by atoms with E-state index in [2.05, 4.69) is 21.0 Å². The van der Waals surface area contributed by atoms with Crippen LogP contribution in [0.25, 0.3) is 5.69 Å². The highest BCUT2D eigenvalue weighted by Gasteiger charge is 2.20. The Kier molecular flexibility index (Phi) is 6.49. The van der Waals surface area contributed by atoms with Crippen LogP contribution in [0.15, 0.2) is 57.8 Å². The molecule has 150 valence electrons. The van der Waals surface area contributed by atoms with Crippen LogP contribution in [0, 0.1) is 13.8 Å². The van der Waals surface area contributed by atoms with Crippen molar-refractivity contribution in [2.75, 3.05) is 6.61 Å². The number of rotatable bonds is 6. The van der Waals surface area contributed by atoms with E-state index in [9.17, 15) is 9.59 Å². The molecule has 0 saturated carbocycles. The SMILES string of the molecule is CCOC(=O)c1nn(-c2cccc(Br)c2)c(=O)cc1OCc1cc(C)ccc1C. The second-order valence-electron chi connectivity index (χ2n) is 6.53. The Morgan fingerprint density at radius 3 is 2.66 bits per heavy atom. The van der Waals surface area contributed by atoms with E-state index in [0.717, 1.165) is 25.8 Å². The molecule has 6 nitrogen and oxygen atoms in total. The number of hydrogen-bond acceptors (Lipinski definition) is 5. The molecule has 1 heterocycles. The molecule has 0 amide bonds. The smallest absolute Gasteiger partial charge is 0.362 e. The summed E-state index contributed by atoms with van der Waals surface area (Å²) >= 11 is 3.37. The summed E-state index contributed by atoms with van der Waals surface area (Å²) in [6.07, 6.45) is 0. The molecule has 0 atom stereocenters. The van der Waals surface area contributed by atoms with Gasteiger partial charge in [-0.3, -0.25) is 4.79 Å². The number of esters is 1. The molecule has 3 aromatic rings. The number of carbonyl (C=O) groups is 1. The number of carbonyl (C=O) groups excluding carboxylic acids is 1. The average molecular weight is 457 g/mol. The molecule has 2 aromatic carbocycles. The first-order valence-corrected chi connectivity index (χ1v) is 9.94. The van der Waals surface area contributed by atoms with Crippen molar-refractivity contribution in [1.82, 2.24) is 9.78 Å². The van der Waals surface area contributed by atoms with Crippen molar-refractivity contribution in [2.45, 2.75) is 27.4 Å². The number of benzene rings is 2. The predicted molar refractivity (Wildman–Crippen MR) is 114 cm³/mol. The van der Waals surface area contributed by atoms with E-state index in [0.29, 0.717) is 5.69 Å². The number of aromatic nitrogens is 2. The Hall–Kier alpha value is -2.93. The molecule has 0 saturated heterocycles. The molecule has 0 aliphatic heterocycles. The van der Waals surface area contributed by atoms with Gasteiger partial charge in [0, 0.05) is 4.47 Å². The fourth-order valence-electron chi connectivity index (χ4n) is 2.80. The largest absolute Gasteiger partial charge is 0.486 e. The molecule has 0 N–H and O–H groups in total. The molecular formula is C22H21BrN2O4. The monoisotopic (exact) mass is 456 g/mol. The maximum absolute atomic E-state index is 12.7. The van der Waals surface area contributed by atoms with Crippen molar-refractivity contribution in [1.29, 1.82) is 0 Å². The molecule has 0 unspecified atom stereocenters. The number of aryl methyl sites for hydroxylation is 2. The highest BCUT2D eigenvalue weighted by atomic mass is 79.9. The first kappa shape index (κ1) is 20.8. The van der Waals surface area contributed by atoms with Gasteiger partial charge < -0.3 is 9.47 Å². The minimum atomic E-state index is -0.646. The van der Waals surface area contributed by atoms with Crippen molar-refractivity contribution >= 4 is 21.9 Å². The zero-order chi connectivity index (χ0) is 21.0. The highest BCUT2D eigenvalue weighted by Crippen LogP contribution is 2.20. The van der Waals surface area contributed by atoms with Crippen LogP contribution in [0.3, 0.4) is 0 Å². The van der Waals surface area contributed by atoms with Gasteiger partial charge in [-0.2, -0.15) is 9.78 Å². The van der Waals surface area contributed by atoms with Crippen LogP contribution in [0.2, 0.25) is 0 Å². The van der Waals surface area contributed by atoms with E-state index in [1.54, 1.807) is 25.1 Å². The second kappa shape index (κ2) is 9.05. The zero-order valence-corrected chi connectivity index (χ0v) is 18.0. The van der Waals surface area contributed by atoms with Crippen LogP contribution in [-0.4, -0.2) is 22.4 Å². The van der Waals surface area contributed by atoms with E-state index in [1.807, 2.05) is 38.1 Å². The van der Waals surface area contributed by atoms with Crippen molar-refractivity contribution in [3.63, 3.8) is 0 Å². The lowest BCUT2D eigenvalue weighted by Gasteiger charge is -2.14. The van der Waals surface area contributed by atoms with E-state index < -0.39 is 11.5 Å². The Morgan fingerprint density at radius 1 is 1.14 bits per heavy atom. The third-order valence-electron chi connectivity index (χ3n) is 4.31. The Morgan fingerprint density at radius 2 is 1.93 bits per heavy atom. The summed E-state index contributed by atoms with van der Waals surface area (Å²) in [7, 11) is 0. The fourth-order valence-corrected chi connectivity index (χ4v) is 3.18. The average Bonchev–Trinajstić information content (AvgIpc) is 2.68. The molecule has 0 aliphatic carbocycles. The molecule has 0 aliphatic rings. The number of ether oxygens (including phenoxy) is 2. The molecule has 3 rings (SSSR count).